The van der Waals surface area contributed by atoms with E-state index in [2.05, 4.69) is 21.2 Å². The van der Waals surface area contributed by atoms with Crippen molar-refractivity contribution in [2.45, 2.75) is 25.8 Å². The van der Waals surface area contributed by atoms with Crippen LogP contribution in [0.5, 0.6) is 0 Å². The van der Waals surface area contributed by atoms with E-state index in [-0.39, 0.29) is 17.9 Å². The standard InChI is InChI=1S/C21H21BrN2O2/c1-15(18-5-2-3-6-19(18)22)23-20(25)13-10-16-8-11-17(12-9-16)24-14-4-7-21(24)26/h2-3,5-6,8-13,15H,4,7,14H2,1H3,(H,23,25)/b13-10+. The van der Waals surface area contributed by atoms with Crippen LogP contribution in [-0.4, -0.2) is 18.4 Å². The maximum absolute atomic E-state index is 12.2. The quantitative estimate of drug-likeness (QED) is 0.736. The van der Waals surface area contributed by atoms with Gasteiger partial charge in [-0.25, -0.2) is 0 Å². The third kappa shape index (κ3) is 4.41. The predicted molar refractivity (Wildman–Crippen MR) is 108 cm³/mol. The van der Waals surface area contributed by atoms with Gasteiger partial charge >= 0.3 is 0 Å². The molecule has 1 fully saturated rings. The van der Waals surface area contributed by atoms with Gasteiger partial charge in [0.25, 0.3) is 0 Å². The lowest BCUT2D eigenvalue weighted by molar-refractivity contribution is -0.117. The van der Waals surface area contributed by atoms with Gasteiger partial charge in [0.2, 0.25) is 11.8 Å². The van der Waals surface area contributed by atoms with Crippen LogP contribution in [0.4, 0.5) is 5.69 Å². The smallest absolute Gasteiger partial charge is 0.244 e. The summed E-state index contributed by atoms with van der Waals surface area (Å²) < 4.78 is 0.976. The molecule has 1 N–H and O–H groups in total. The van der Waals surface area contributed by atoms with E-state index in [1.807, 2.05) is 55.5 Å². The van der Waals surface area contributed by atoms with Crippen molar-refractivity contribution in [2.24, 2.45) is 0 Å². The Morgan fingerprint density at radius 2 is 1.92 bits per heavy atom. The zero-order chi connectivity index (χ0) is 18.5. The minimum Gasteiger partial charge on any atom is -0.346 e. The van der Waals surface area contributed by atoms with Gasteiger partial charge in [0.05, 0.1) is 6.04 Å². The van der Waals surface area contributed by atoms with Crippen molar-refractivity contribution in [1.82, 2.24) is 5.32 Å². The molecule has 2 amide bonds. The summed E-state index contributed by atoms with van der Waals surface area (Å²) >= 11 is 3.50. The number of amides is 2. The molecule has 5 heteroatoms. The van der Waals surface area contributed by atoms with E-state index in [1.54, 1.807) is 11.0 Å². The zero-order valence-electron chi connectivity index (χ0n) is 14.6. The zero-order valence-corrected chi connectivity index (χ0v) is 16.2. The van der Waals surface area contributed by atoms with Gasteiger partial charge in [-0.15, -0.1) is 0 Å². The van der Waals surface area contributed by atoms with Gasteiger partial charge in [0.1, 0.15) is 0 Å². The largest absolute Gasteiger partial charge is 0.346 e. The second-order valence-electron chi connectivity index (χ2n) is 6.33. The fourth-order valence-electron chi connectivity index (χ4n) is 3.02. The van der Waals surface area contributed by atoms with E-state index >= 15 is 0 Å². The highest BCUT2D eigenvalue weighted by Crippen LogP contribution is 2.23. The van der Waals surface area contributed by atoms with Crippen molar-refractivity contribution in [2.75, 3.05) is 11.4 Å². The minimum atomic E-state index is -0.146. The molecular weight excluding hydrogens is 392 g/mol. The van der Waals surface area contributed by atoms with Gasteiger partial charge < -0.3 is 10.2 Å². The summed E-state index contributed by atoms with van der Waals surface area (Å²) in [6, 6.07) is 15.4. The molecule has 0 radical (unpaired) electrons. The van der Waals surface area contributed by atoms with Gasteiger partial charge in [-0.3, -0.25) is 9.59 Å². The van der Waals surface area contributed by atoms with Gasteiger partial charge in [-0.1, -0.05) is 46.3 Å². The van der Waals surface area contributed by atoms with Crippen LogP contribution in [-0.2, 0) is 9.59 Å². The second-order valence-corrected chi connectivity index (χ2v) is 7.18. The number of hydrogen-bond acceptors (Lipinski definition) is 2. The Bertz CT molecular complexity index is 830. The van der Waals surface area contributed by atoms with Crippen LogP contribution in [0, 0.1) is 0 Å². The Kier molecular flexibility index (Phi) is 5.89. The Labute approximate surface area is 162 Å². The molecule has 1 aliphatic heterocycles. The average Bonchev–Trinajstić information content (AvgIpc) is 3.06. The maximum atomic E-state index is 12.2. The topological polar surface area (TPSA) is 49.4 Å². The van der Waals surface area contributed by atoms with E-state index in [1.165, 1.54) is 6.08 Å². The van der Waals surface area contributed by atoms with Crippen LogP contribution < -0.4 is 10.2 Å². The second kappa shape index (κ2) is 8.32. The van der Waals surface area contributed by atoms with E-state index in [0.717, 1.165) is 34.3 Å². The molecule has 0 spiro atoms. The third-order valence-corrected chi connectivity index (χ3v) is 5.16. The highest BCUT2D eigenvalue weighted by Gasteiger charge is 2.21. The molecule has 1 saturated heterocycles. The summed E-state index contributed by atoms with van der Waals surface area (Å²) in [5.41, 5.74) is 2.87. The van der Waals surface area contributed by atoms with E-state index in [0.29, 0.717) is 6.42 Å². The molecule has 1 heterocycles. The van der Waals surface area contributed by atoms with Gasteiger partial charge in [0, 0.05) is 29.2 Å². The Morgan fingerprint density at radius 3 is 2.58 bits per heavy atom. The summed E-state index contributed by atoms with van der Waals surface area (Å²) in [4.78, 5) is 25.7. The number of carbonyl (C=O) groups is 2. The molecule has 0 aliphatic carbocycles. The highest BCUT2D eigenvalue weighted by atomic mass is 79.9. The first kappa shape index (κ1) is 18.4. The van der Waals surface area contributed by atoms with Crippen LogP contribution in [0.3, 0.4) is 0 Å². The lowest BCUT2D eigenvalue weighted by Gasteiger charge is -2.15. The fourth-order valence-corrected chi connectivity index (χ4v) is 3.65. The lowest BCUT2D eigenvalue weighted by Crippen LogP contribution is -2.24. The molecule has 0 saturated carbocycles. The van der Waals surface area contributed by atoms with Crippen LogP contribution in [0.25, 0.3) is 6.08 Å². The predicted octanol–water partition coefficient (Wildman–Crippen LogP) is 4.47. The summed E-state index contributed by atoms with van der Waals surface area (Å²) in [6.07, 6.45) is 4.84. The van der Waals surface area contributed by atoms with Crippen LogP contribution >= 0.6 is 15.9 Å². The first-order chi connectivity index (χ1) is 12.5. The molecule has 0 bridgehead atoms. The Hall–Kier alpha value is -2.40. The first-order valence-electron chi connectivity index (χ1n) is 8.68. The summed E-state index contributed by atoms with van der Waals surface area (Å²) in [7, 11) is 0. The van der Waals surface area contributed by atoms with Crippen LogP contribution in [0.2, 0.25) is 0 Å². The molecule has 2 aromatic rings. The number of benzene rings is 2. The Balaban J connectivity index is 1.59. The lowest BCUT2D eigenvalue weighted by atomic mass is 10.1. The monoisotopic (exact) mass is 412 g/mol. The number of nitrogens with one attached hydrogen (secondary N) is 1. The highest BCUT2D eigenvalue weighted by molar-refractivity contribution is 9.10. The van der Waals surface area contributed by atoms with E-state index in [4.69, 9.17) is 0 Å². The number of rotatable bonds is 5. The molecular formula is C21H21BrN2O2. The van der Waals surface area contributed by atoms with E-state index in [9.17, 15) is 9.59 Å². The number of hydrogen-bond donors (Lipinski definition) is 1. The van der Waals surface area contributed by atoms with Crippen molar-refractivity contribution < 1.29 is 9.59 Å². The Morgan fingerprint density at radius 1 is 1.19 bits per heavy atom. The van der Waals surface area contributed by atoms with Gasteiger partial charge in [-0.2, -0.15) is 0 Å². The van der Waals surface area contributed by atoms with Crippen molar-refractivity contribution >= 4 is 39.5 Å². The number of halogens is 1. The molecule has 0 aromatic heterocycles. The number of nitrogens with zero attached hydrogens (tertiary/aromatic N) is 1. The maximum Gasteiger partial charge on any atom is 0.244 e. The molecule has 1 aliphatic rings. The minimum absolute atomic E-state index is 0.0914. The van der Waals surface area contributed by atoms with Crippen molar-refractivity contribution in [1.29, 1.82) is 0 Å². The van der Waals surface area contributed by atoms with Crippen LogP contribution in [0.15, 0.2) is 59.1 Å². The number of anilines is 1. The van der Waals surface area contributed by atoms with Crippen molar-refractivity contribution in [3.8, 4) is 0 Å². The molecule has 3 rings (SSSR count). The summed E-state index contributed by atoms with van der Waals surface area (Å²) in [6.45, 7) is 2.73. The molecule has 1 atom stereocenters. The average molecular weight is 413 g/mol. The van der Waals surface area contributed by atoms with Gasteiger partial charge in [0.15, 0.2) is 0 Å². The van der Waals surface area contributed by atoms with Crippen LogP contribution in [0.1, 0.15) is 36.9 Å². The van der Waals surface area contributed by atoms with E-state index < -0.39 is 0 Å². The molecule has 1 unspecified atom stereocenters. The van der Waals surface area contributed by atoms with Crippen molar-refractivity contribution in [3.63, 3.8) is 0 Å². The first-order valence-corrected chi connectivity index (χ1v) is 9.47. The molecule has 26 heavy (non-hydrogen) atoms. The third-order valence-electron chi connectivity index (χ3n) is 4.44. The van der Waals surface area contributed by atoms with Crippen molar-refractivity contribution in [3.05, 3.63) is 70.2 Å². The fraction of sp³-hybridized carbons (Fsp3) is 0.238. The molecule has 4 nitrogen and oxygen atoms in total. The normalized spacial score (nSPS) is 15.5. The summed E-state index contributed by atoms with van der Waals surface area (Å²) in [5.74, 6) is 0.0285. The summed E-state index contributed by atoms with van der Waals surface area (Å²) in [5, 5.41) is 2.96. The van der Waals surface area contributed by atoms with Gasteiger partial charge in [-0.05, 0) is 48.7 Å². The molecule has 2 aromatic carbocycles. The number of carbonyl (C=O) groups excluding carboxylic acids is 2. The SMILES string of the molecule is CC(NC(=O)/C=C/c1ccc(N2CCCC2=O)cc1)c1ccccc1Br. The molecule has 134 valence electrons.